The Morgan fingerprint density at radius 2 is 2.17 bits per heavy atom. The highest BCUT2D eigenvalue weighted by atomic mass is 19.4. The number of hydrogen-bond donors (Lipinski definition) is 0. The van der Waals surface area contributed by atoms with Gasteiger partial charge in [-0.05, 0) is 25.0 Å². The molecular formula is C12H14F3NO2. The van der Waals surface area contributed by atoms with Gasteiger partial charge >= 0.3 is 6.18 Å². The van der Waals surface area contributed by atoms with E-state index in [1.807, 2.05) is 0 Å². The molecule has 3 nitrogen and oxygen atoms in total. The van der Waals surface area contributed by atoms with Crippen molar-refractivity contribution in [1.29, 1.82) is 0 Å². The lowest BCUT2D eigenvalue weighted by Crippen LogP contribution is -2.17. The van der Waals surface area contributed by atoms with Crippen LogP contribution in [0.15, 0.2) is 18.3 Å². The normalized spacial score (nSPS) is 11.6. The molecule has 1 aromatic heterocycles. The van der Waals surface area contributed by atoms with Gasteiger partial charge in [0.1, 0.15) is 12.3 Å². The molecule has 0 atom stereocenters. The van der Waals surface area contributed by atoms with Gasteiger partial charge in [0.15, 0.2) is 5.78 Å². The van der Waals surface area contributed by atoms with Crippen molar-refractivity contribution in [3.05, 3.63) is 29.6 Å². The van der Waals surface area contributed by atoms with E-state index < -0.39 is 12.8 Å². The number of carbonyl (C=O) groups excluding carboxylic acids is 1. The van der Waals surface area contributed by atoms with Crippen LogP contribution in [0.5, 0.6) is 0 Å². The minimum atomic E-state index is -4.32. The molecule has 6 heteroatoms. The average molecular weight is 261 g/mol. The van der Waals surface area contributed by atoms with Gasteiger partial charge in [0.05, 0.1) is 0 Å². The molecule has 0 unspecified atom stereocenters. The molecule has 1 aromatic rings. The van der Waals surface area contributed by atoms with E-state index in [1.54, 1.807) is 19.1 Å². The molecule has 100 valence electrons. The zero-order chi connectivity index (χ0) is 13.6. The lowest BCUT2D eigenvalue weighted by atomic mass is 10.1. The lowest BCUT2D eigenvalue weighted by Gasteiger charge is -2.07. The fourth-order valence-corrected chi connectivity index (χ4v) is 1.42. The molecule has 0 spiro atoms. The number of halogens is 3. The van der Waals surface area contributed by atoms with Crippen molar-refractivity contribution >= 4 is 5.78 Å². The first-order valence-electron chi connectivity index (χ1n) is 5.49. The average Bonchev–Trinajstić information content (AvgIpc) is 2.27. The van der Waals surface area contributed by atoms with Crippen LogP contribution in [0.1, 0.15) is 28.9 Å². The molecule has 0 N–H and O–H groups in total. The Hall–Kier alpha value is -1.43. The topological polar surface area (TPSA) is 39.2 Å². The molecule has 0 bridgehead atoms. The van der Waals surface area contributed by atoms with E-state index >= 15 is 0 Å². The third kappa shape index (κ3) is 5.27. The van der Waals surface area contributed by atoms with Crippen LogP contribution in [0.25, 0.3) is 0 Å². The van der Waals surface area contributed by atoms with E-state index in [-0.39, 0.29) is 25.2 Å². The van der Waals surface area contributed by atoms with Gasteiger partial charge in [-0.15, -0.1) is 0 Å². The molecule has 0 aromatic carbocycles. The number of carbonyl (C=O) groups is 1. The Balaban J connectivity index is 2.28. The quantitative estimate of drug-likeness (QED) is 0.584. The number of pyridine rings is 1. The van der Waals surface area contributed by atoms with Crippen molar-refractivity contribution in [3.63, 3.8) is 0 Å². The van der Waals surface area contributed by atoms with E-state index in [9.17, 15) is 18.0 Å². The number of aryl methyl sites for hydroxylation is 1. The van der Waals surface area contributed by atoms with Crippen molar-refractivity contribution in [2.45, 2.75) is 25.9 Å². The van der Waals surface area contributed by atoms with Gasteiger partial charge in [0, 0.05) is 19.2 Å². The lowest BCUT2D eigenvalue weighted by molar-refractivity contribution is -0.173. The number of hydrogen-bond acceptors (Lipinski definition) is 3. The van der Waals surface area contributed by atoms with Gasteiger partial charge in [0.2, 0.25) is 0 Å². The molecule has 1 rings (SSSR count). The largest absolute Gasteiger partial charge is 0.411 e. The summed E-state index contributed by atoms with van der Waals surface area (Å²) in [5, 5.41) is 0. The highest BCUT2D eigenvalue weighted by molar-refractivity contribution is 5.95. The molecular weight excluding hydrogens is 247 g/mol. The molecule has 0 saturated carbocycles. The molecule has 0 aliphatic heterocycles. The summed E-state index contributed by atoms with van der Waals surface area (Å²) in [7, 11) is 0. The van der Waals surface area contributed by atoms with Gasteiger partial charge in [-0.25, -0.2) is 0 Å². The number of Topliss-reactive ketones (excluding diaryl/α,β-unsaturated/α-hetero) is 1. The van der Waals surface area contributed by atoms with Crippen LogP contribution < -0.4 is 0 Å². The summed E-state index contributed by atoms with van der Waals surface area (Å²) in [6, 6.07) is 3.49. The van der Waals surface area contributed by atoms with Gasteiger partial charge in [-0.3, -0.25) is 9.78 Å². The van der Waals surface area contributed by atoms with Gasteiger partial charge < -0.3 is 4.74 Å². The number of aromatic nitrogens is 1. The van der Waals surface area contributed by atoms with E-state index in [4.69, 9.17) is 0 Å². The van der Waals surface area contributed by atoms with Crippen LogP contribution in [0.4, 0.5) is 13.2 Å². The Bertz CT molecular complexity index is 405. The van der Waals surface area contributed by atoms with Crippen LogP contribution in [-0.2, 0) is 4.74 Å². The molecule has 0 fully saturated rings. The molecule has 0 radical (unpaired) electrons. The minimum absolute atomic E-state index is 0.0862. The number of alkyl halides is 3. The van der Waals surface area contributed by atoms with Crippen molar-refractivity contribution in [3.8, 4) is 0 Å². The van der Waals surface area contributed by atoms with E-state index in [0.717, 1.165) is 5.56 Å². The van der Waals surface area contributed by atoms with Crippen molar-refractivity contribution in [1.82, 2.24) is 4.98 Å². The van der Waals surface area contributed by atoms with Crippen LogP contribution in [0.2, 0.25) is 0 Å². The summed E-state index contributed by atoms with van der Waals surface area (Å²) in [4.78, 5) is 15.6. The monoisotopic (exact) mass is 261 g/mol. The van der Waals surface area contributed by atoms with Gasteiger partial charge in [0.25, 0.3) is 0 Å². The Morgan fingerprint density at radius 1 is 1.44 bits per heavy atom. The fourth-order valence-electron chi connectivity index (χ4n) is 1.42. The van der Waals surface area contributed by atoms with Crippen LogP contribution in [0, 0.1) is 6.92 Å². The number of ketones is 1. The summed E-state index contributed by atoms with van der Waals surface area (Å²) < 4.78 is 39.7. The smallest absolute Gasteiger partial charge is 0.372 e. The van der Waals surface area contributed by atoms with Crippen LogP contribution in [0.3, 0.4) is 0 Å². The van der Waals surface area contributed by atoms with E-state index in [0.29, 0.717) is 5.69 Å². The SMILES string of the molecule is Cc1cccnc1C(=O)CCCOCC(F)(F)F. The van der Waals surface area contributed by atoms with E-state index in [2.05, 4.69) is 9.72 Å². The highest BCUT2D eigenvalue weighted by Gasteiger charge is 2.27. The first-order chi connectivity index (χ1) is 8.40. The third-order valence-corrected chi connectivity index (χ3v) is 2.23. The highest BCUT2D eigenvalue weighted by Crippen LogP contribution is 2.15. The Morgan fingerprint density at radius 3 is 2.78 bits per heavy atom. The summed E-state index contributed by atoms with van der Waals surface area (Å²) in [5.74, 6) is -0.177. The zero-order valence-electron chi connectivity index (χ0n) is 9.96. The minimum Gasteiger partial charge on any atom is -0.372 e. The second-order valence-electron chi connectivity index (χ2n) is 3.86. The van der Waals surface area contributed by atoms with Gasteiger partial charge in [-0.2, -0.15) is 13.2 Å². The summed E-state index contributed by atoms with van der Waals surface area (Å²) in [5.41, 5.74) is 1.13. The third-order valence-electron chi connectivity index (χ3n) is 2.23. The molecule has 0 amide bonds. The maximum Gasteiger partial charge on any atom is 0.411 e. The van der Waals surface area contributed by atoms with Crippen molar-refractivity contribution < 1.29 is 22.7 Å². The number of ether oxygens (including phenoxy) is 1. The number of rotatable bonds is 6. The Labute approximate surface area is 103 Å². The number of nitrogens with zero attached hydrogens (tertiary/aromatic N) is 1. The second kappa shape index (κ2) is 6.49. The molecule has 0 saturated heterocycles. The van der Waals surface area contributed by atoms with Crippen LogP contribution >= 0.6 is 0 Å². The summed E-state index contributed by atoms with van der Waals surface area (Å²) in [6.45, 7) is 0.404. The van der Waals surface area contributed by atoms with E-state index in [1.165, 1.54) is 6.20 Å². The van der Waals surface area contributed by atoms with Crippen molar-refractivity contribution in [2.24, 2.45) is 0 Å². The first kappa shape index (κ1) is 14.6. The maximum absolute atomic E-state index is 11.8. The summed E-state index contributed by atoms with van der Waals surface area (Å²) in [6.07, 6.45) is -2.41. The Kier molecular flexibility index (Phi) is 5.27. The standard InChI is InChI=1S/C12H14F3NO2/c1-9-4-2-6-16-11(9)10(17)5-3-7-18-8-12(13,14)15/h2,4,6H,3,5,7-8H2,1H3. The molecule has 18 heavy (non-hydrogen) atoms. The van der Waals surface area contributed by atoms with Gasteiger partial charge in [-0.1, -0.05) is 6.07 Å². The molecule has 1 heterocycles. The predicted octanol–water partition coefficient (Wildman–Crippen LogP) is 2.93. The molecule has 0 aliphatic carbocycles. The fraction of sp³-hybridized carbons (Fsp3) is 0.500. The second-order valence-corrected chi connectivity index (χ2v) is 3.86. The van der Waals surface area contributed by atoms with Crippen molar-refractivity contribution in [2.75, 3.05) is 13.2 Å². The molecule has 0 aliphatic rings. The summed E-state index contributed by atoms with van der Waals surface area (Å²) >= 11 is 0. The zero-order valence-corrected chi connectivity index (χ0v) is 9.96. The predicted molar refractivity (Wildman–Crippen MR) is 59.4 cm³/mol. The first-order valence-corrected chi connectivity index (χ1v) is 5.49. The maximum atomic E-state index is 11.8. The van der Waals surface area contributed by atoms with Crippen LogP contribution in [-0.4, -0.2) is 30.2 Å².